The van der Waals surface area contributed by atoms with Crippen LogP contribution in [-0.2, 0) is 6.42 Å². The summed E-state index contributed by atoms with van der Waals surface area (Å²) in [6.07, 6.45) is 0.291. The van der Waals surface area contributed by atoms with Gasteiger partial charge in [-0.1, -0.05) is 29.4 Å². The Bertz CT molecular complexity index is 1460. The Kier molecular flexibility index (Phi) is 4.79. The van der Waals surface area contributed by atoms with E-state index >= 15 is 0 Å². The molecule has 0 unspecified atom stereocenters. The van der Waals surface area contributed by atoms with Crippen LogP contribution in [0.25, 0.3) is 33.6 Å². The number of thiazole rings is 1. The number of halogens is 1. The summed E-state index contributed by atoms with van der Waals surface area (Å²) in [5.41, 5.74) is 1.28. The molecule has 2 aromatic carbocycles. The predicted molar refractivity (Wildman–Crippen MR) is 113 cm³/mol. The molecule has 0 amide bonds. The lowest BCUT2D eigenvalue weighted by molar-refractivity contribution is 0.385. The lowest BCUT2D eigenvalue weighted by Gasteiger charge is -2.04. The Balaban J connectivity index is 1.42. The average Bonchev–Trinajstić information content (AvgIpc) is 3.43. The quantitative estimate of drug-likeness (QED) is 0.369. The highest BCUT2D eigenvalue weighted by Crippen LogP contribution is 2.28. The fourth-order valence-corrected chi connectivity index (χ4v) is 3.96. The van der Waals surface area contributed by atoms with E-state index in [-0.39, 0.29) is 5.82 Å². The van der Waals surface area contributed by atoms with Crippen molar-refractivity contribution in [3.8, 4) is 28.4 Å². The minimum absolute atomic E-state index is 0.291. The Morgan fingerprint density at radius 3 is 2.84 bits per heavy atom. The van der Waals surface area contributed by atoms with Gasteiger partial charge in [-0.25, -0.2) is 14.2 Å². The van der Waals surface area contributed by atoms with Crippen LogP contribution in [0.15, 0.2) is 67.6 Å². The van der Waals surface area contributed by atoms with Crippen molar-refractivity contribution in [1.29, 1.82) is 0 Å². The van der Waals surface area contributed by atoms with Gasteiger partial charge < -0.3 is 13.7 Å². The van der Waals surface area contributed by atoms with Gasteiger partial charge in [0.15, 0.2) is 11.3 Å². The smallest absolute Gasteiger partial charge is 0.345 e. The highest BCUT2D eigenvalue weighted by Gasteiger charge is 2.16. The minimum atomic E-state index is -0.500. The van der Waals surface area contributed by atoms with Gasteiger partial charge in [0.2, 0.25) is 11.7 Å². The number of benzene rings is 2. The van der Waals surface area contributed by atoms with Crippen LogP contribution in [-0.4, -0.2) is 22.2 Å². The van der Waals surface area contributed by atoms with E-state index in [1.165, 1.54) is 30.6 Å². The zero-order chi connectivity index (χ0) is 21.4. The third-order valence-electron chi connectivity index (χ3n) is 4.62. The molecule has 0 radical (unpaired) electrons. The molecule has 31 heavy (non-hydrogen) atoms. The number of nitrogens with zero attached hydrogens (tertiary/aromatic N) is 3. The summed E-state index contributed by atoms with van der Waals surface area (Å²) in [6, 6.07) is 13.1. The van der Waals surface area contributed by atoms with Crippen LogP contribution in [0.2, 0.25) is 0 Å². The predicted octanol–water partition coefficient (Wildman–Crippen LogP) is 4.71. The number of methoxy groups -OCH3 is 1. The molecule has 9 heteroatoms. The number of para-hydroxylation sites is 1. The molecule has 0 fully saturated rings. The number of rotatable bonds is 5. The molecule has 0 saturated heterocycles. The van der Waals surface area contributed by atoms with E-state index in [1.807, 2.05) is 12.1 Å². The molecule has 5 aromatic rings. The summed E-state index contributed by atoms with van der Waals surface area (Å²) in [4.78, 5) is 21.4. The number of aromatic nitrogens is 3. The summed E-state index contributed by atoms with van der Waals surface area (Å²) in [5.74, 6) is 0.761. The van der Waals surface area contributed by atoms with E-state index in [0.29, 0.717) is 51.3 Å². The van der Waals surface area contributed by atoms with Crippen LogP contribution in [0.4, 0.5) is 4.39 Å². The molecule has 3 heterocycles. The number of fused-ring (bicyclic) bond motifs is 1. The fraction of sp³-hybridized carbons (Fsp3) is 0.0909. The van der Waals surface area contributed by atoms with Gasteiger partial charge in [-0.2, -0.15) is 4.98 Å². The molecular weight excluding hydrogens is 421 g/mol. The maximum Gasteiger partial charge on any atom is 0.345 e. The second-order valence-electron chi connectivity index (χ2n) is 6.65. The van der Waals surface area contributed by atoms with Crippen LogP contribution in [0.1, 0.15) is 10.9 Å². The first-order chi connectivity index (χ1) is 15.1. The van der Waals surface area contributed by atoms with Crippen molar-refractivity contribution in [3.05, 3.63) is 81.0 Å². The maximum absolute atomic E-state index is 13.4. The Morgan fingerprint density at radius 1 is 1.13 bits per heavy atom. The minimum Gasteiger partial charge on any atom is -0.493 e. The Morgan fingerprint density at radius 2 is 2.00 bits per heavy atom. The van der Waals surface area contributed by atoms with Crippen molar-refractivity contribution in [2.45, 2.75) is 6.42 Å². The van der Waals surface area contributed by atoms with Crippen molar-refractivity contribution in [3.63, 3.8) is 0 Å². The summed E-state index contributed by atoms with van der Waals surface area (Å²) in [6.45, 7) is 0. The van der Waals surface area contributed by atoms with E-state index < -0.39 is 5.63 Å². The van der Waals surface area contributed by atoms with Crippen LogP contribution in [0, 0.1) is 5.82 Å². The van der Waals surface area contributed by atoms with Crippen molar-refractivity contribution < 1.29 is 18.1 Å². The van der Waals surface area contributed by atoms with Crippen LogP contribution in [0.5, 0.6) is 5.75 Å². The topological polar surface area (TPSA) is 91.3 Å². The summed E-state index contributed by atoms with van der Waals surface area (Å²) in [7, 11) is 1.52. The molecule has 3 aromatic heterocycles. The highest BCUT2D eigenvalue weighted by atomic mass is 32.1. The van der Waals surface area contributed by atoms with Gasteiger partial charge in [-0.3, -0.25) is 0 Å². The molecule has 5 rings (SSSR count). The Labute approximate surface area is 178 Å². The number of hydrogen-bond donors (Lipinski definition) is 0. The van der Waals surface area contributed by atoms with Crippen molar-refractivity contribution >= 4 is 22.3 Å². The lowest BCUT2D eigenvalue weighted by atomic mass is 10.1. The highest BCUT2D eigenvalue weighted by molar-refractivity contribution is 7.10. The average molecular weight is 435 g/mol. The van der Waals surface area contributed by atoms with Gasteiger partial charge in [0.05, 0.1) is 24.8 Å². The van der Waals surface area contributed by atoms with Gasteiger partial charge >= 0.3 is 5.63 Å². The summed E-state index contributed by atoms with van der Waals surface area (Å²) >= 11 is 1.36. The first-order valence-electron chi connectivity index (χ1n) is 9.25. The fourth-order valence-electron chi connectivity index (χ4n) is 3.17. The van der Waals surface area contributed by atoms with Crippen LogP contribution < -0.4 is 10.4 Å². The standard InChI is InChI=1S/C22H14FN3O4S/c1-28-17-7-3-4-12-9-15(22(27)29-20(12)17)16-11-31-19(24-16)10-18-25-21(26-30-18)13-5-2-6-14(23)8-13/h2-9,11H,10H2,1H3. The molecule has 0 spiro atoms. The van der Waals surface area contributed by atoms with Crippen molar-refractivity contribution in [2.24, 2.45) is 0 Å². The van der Waals surface area contributed by atoms with Gasteiger partial charge in [0, 0.05) is 16.3 Å². The molecule has 0 bridgehead atoms. The summed E-state index contributed by atoms with van der Waals surface area (Å²) in [5, 5.41) is 7.10. The monoisotopic (exact) mass is 435 g/mol. The molecule has 0 aliphatic heterocycles. The van der Waals surface area contributed by atoms with E-state index in [0.717, 1.165) is 5.39 Å². The molecule has 154 valence electrons. The zero-order valence-electron chi connectivity index (χ0n) is 16.2. The Hall–Kier alpha value is -3.85. The first-order valence-corrected chi connectivity index (χ1v) is 10.1. The van der Waals surface area contributed by atoms with Gasteiger partial charge in [-0.05, 0) is 24.3 Å². The van der Waals surface area contributed by atoms with Gasteiger partial charge in [-0.15, -0.1) is 11.3 Å². The SMILES string of the molecule is COc1cccc2cc(-c3csc(Cc4nc(-c5cccc(F)c5)no4)n3)c(=O)oc12. The largest absolute Gasteiger partial charge is 0.493 e. The first kappa shape index (κ1) is 19.1. The molecule has 0 aliphatic carbocycles. The van der Waals surface area contributed by atoms with Gasteiger partial charge in [0.1, 0.15) is 10.8 Å². The van der Waals surface area contributed by atoms with E-state index in [4.69, 9.17) is 13.7 Å². The van der Waals surface area contributed by atoms with Gasteiger partial charge in [0.25, 0.3) is 0 Å². The van der Waals surface area contributed by atoms with E-state index in [1.54, 1.807) is 29.6 Å². The normalized spacial score (nSPS) is 11.2. The van der Waals surface area contributed by atoms with Crippen LogP contribution >= 0.6 is 11.3 Å². The zero-order valence-corrected chi connectivity index (χ0v) is 17.0. The van der Waals surface area contributed by atoms with Crippen LogP contribution in [0.3, 0.4) is 0 Å². The van der Waals surface area contributed by atoms with E-state index in [2.05, 4.69) is 15.1 Å². The molecule has 0 N–H and O–H groups in total. The second kappa shape index (κ2) is 7.77. The lowest BCUT2D eigenvalue weighted by Crippen LogP contribution is -2.03. The second-order valence-corrected chi connectivity index (χ2v) is 7.59. The molecule has 0 aliphatic rings. The van der Waals surface area contributed by atoms with E-state index in [9.17, 15) is 9.18 Å². The van der Waals surface area contributed by atoms with Crippen molar-refractivity contribution in [2.75, 3.05) is 7.11 Å². The molecule has 0 saturated carbocycles. The third kappa shape index (κ3) is 3.71. The molecular formula is C22H14FN3O4S. The molecule has 7 nitrogen and oxygen atoms in total. The molecule has 0 atom stereocenters. The number of hydrogen-bond acceptors (Lipinski definition) is 8. The summed E-state index contributed by atoms with van der Waals surface area (Å²) < 4.78 is 29.4. The number of ether oxygens (including phenoxy) is 1. The maximum atomic E-state index is 13.4. The van der Waals surface area contributed by atoms with Crippen molar-refractivity contribution in [1.82, 2.24) is 15.1 Å². The third-order valence-corrected chi connectivity index (χ3v) is 5.47.